The van der Waals surface area contributed by atoms with E-state index in [1.807, 2.05) is 0 Å². The van der Waals surface area contributed by atoms with Crippen molar-refractivity contribution in [2.75, 3.05) is 0 Å². The molecule has 0 bridgehead atoms. The van der Waals surface area contributed by atoms with Crippen LogP contribution in [0.25, 0.3) is 11.6 Å². The Balaban J connectivity index is 1.80. The average Bonchev–Trinajstić information content (AvgIpc) is 3.25. The molecule has 0 radical (unpaired) electrons. The lowest BCUT2D eigenvalue weighted by molar-refractivity contribution is 0.310. The van der Waals surface area contributed by atoms with Crippen molar-refractivity contribution in [1.29, 1.82) is 0 Å². The van der Waals surface area contributed by atoms with Crippen LogP contribution in [0.4, 0.5) is 8.78 Å². The summed E-state index contributed by atoms with van der Waals surface area (Å²) in [5, 5.41) is 3.95. The summed E-state index contributed by atoms with van der Waals surface area (Å²) in [6.45, 7) is 0. The van der Waals surface area contributed by atoms with E-state index in [4.69, 9.17) is 4.52 Å². The lowest BCUT2D eigenvalue weighted by Gasteiger charge is -2.25. The molecule has 0 aliphatic heterocycles. The minimum atomic E-state index is -0.664. The predicted molar refractivity (Wildman–Crippen MR) is 80.9 cm³/mol. The van der Waals surface area contributed by atoms with E-state index in [1.54, 1.807) is 18.5 Å². The summed E-state index contributed by atoms with van der Waals surface area (Å²) < 4.78 is 32.9. The zero-order valence-electron chi connectivity index (χ0n) is 12.7. The van der Waals surface area contributed by atoms with Crippen molar-refractivity contribution in [1.82, 2.24) is 20.1 Å². The van der Waals surface area contributed by atoms with Crippen molar-refractivity contribution in [3.8, 4) is 11.6 Å². The quantitative estimate of drug-likeness (QED) is 0.734. The van der Waals surface area contributed by atoms with Gasteiger partial charge in [-0.3, -0.25) is 0 Å². The topological polar surface area (TPSA) is 64.7 Å². The zero-order valence-corrected chi connectivity index (χ0v) is 12.7. The van der Waals surface area contributed by atoms with Crippen molar-refractivity contribution in [3.63, 3.8) is 0 Å². The van der Waals surface area contributed by atoms with E-state index in [1.165, 1.54) is 12.1 Å². The highest BCUT2D eigenvalue weighted by Gasteiger charge is 2.43. The number of halogens is 2. The van der Waals surface area contributed by atoms with Gasteiger partial charge < -0.3 is 4.52 Å². The molecule has 2 aromatic heterocycles. The van der Waals surface area contributed by atoms with E-state index in [2.05, 4.69) is 20.1 Å². The summed E-state index contributed by atoms with van der Waals surface area (Å²) in [5.41, 5.74) is -0.134. The van der Waals surface area contributed by atoms with Gasteiger partial charge in [0, 0.05) is 18.5 Å². The van der Waals surface area contributed by atoms with Gasteiger partial charge in [-0.2, -0.15) is 4.98 Å². The summed E-state index contributed by atoms with van der Waals surface area (Å²) >= 11 is 0. The molecule has 2 heterocycles. The van der Waals surface area contributed by atoms with Gasteiger partial charge in [-0.25, -0.2) is 18.7 Å². The van der Waals surface area contributed by atoms with Gasteiger partial charge in [0.25, 0.3) is 0 Å². The Morgan fingerprint density at radius 1 is 0.917 bits per heavy atom. The Kier molecular flexibility index (Phi) is 3.55. The molecule has 1 aliphatic rings. The summed E-state index contributed by atoms with van der Waals surface area (Å²) in [6.07, 6.45) is 6.44. The smallest absolute Gasteiger partial charge is 0.240 e. The molecular weight excluding hydrogens is 314 g/mol. The van der Waals surface area contributed by atoms with Crippen LogP contribution in [-0.4, -0.2) is 20.1 Å². The van der Waals surface area contributed by atoms with Crippen LogP contribution in [0, 0.1) is 11.6 Å². The minimum Gasteiger partial charge on any atom is -0.338 e. The molecular formula is C17H14F2N4O. The number of benzene rings is 1. The largest absolute Gasteiger partial charge is 0.338 e. The molecule has 0 amide bonds. The van der Waals surface area contributed by atoms with Crippen LogP contribution in [0.1, 0.15) is 37.1 Å². The molecule has 0 unspecified atom stereocenters. The summed E-state index contributed by atoms with van der Waals surface area (Å²) in [5.74, 6) is -0.239. The maximum atomic E-state index is 13.7. The van der Waals surface area contributed by atoms with Gasteiger partial charge in [-0.05, 0) is 36.6 Å². The number of hydrogen-bond donors (Lipinski definition) is 0. The number of rotatable bonds is 3. The summed E-state index contributed by atoms with van der Waals surface area (Å²) in [4.78, 5) is 12.6. The Hall–Kier alpha value is -2.70. The third-order valence-electron chi connectivity index (χ3n) is 4.47. The molecule has 3 aromatic rings. The second kappa shape index (κ2) is 5.74. The summed E-state index contributed by atoms with van der Waals surface area (Å²) in [6, 6.07) is 5.25. The fourth-order valence-electron chi connectivity index (χ4n) is 3.36. The molecule has 0 saturated heterocycles. The lowest BCUT2D eigenvalue weighted by Crippen LogP contribution is -2.24. The highest BCUT2D eigenvalue weighted by atomic mass is 19.1. The molecule has 122 valence electrons. The molecule has 5 nitrogen and oxygen atoms in total. The van der Waals surface area contributed by atoms with Gasteiger partial charge >= 0.3 is 0 Å². The van der Waals surface area contributed by atoms with Gasteiger partial charge in [0.1, 0.15) is 11.6 Å². The first-order valence-corrected chi connectivity index (χ1v) is 7.75. The van der Waals surface area contributed by atoms with Crippen molar-refractivity contribution in [2.24, 2.45) is 0 Å². The third-order valence-corrected chi connectivity index (χ3v) is 4.47. The van der Waals surface area contributed by atoms with E-state index in [0.29, 0.717) is 30.1 Å². The first-order valence-electron chi connectivity index (χ1n) is 7.75. The van der Waals surface area contributed by atoms with Crippen molar-refractivity contribution < 1.29 is 13.3 Å². The maximum Gasteiger partial charge on any atom is 0.240 e. The van der Waals surface area contributed by atoms with Gasteiger partial charge in [0.05, 0.1) is 5.41 Å². The van der Waals surface area contributed by atoms with Gasteiger partial charge in [-0.15, -0.1) is 0 Å². The molecule has 1 saturated carbocycles. The first-order chi connectivity index (χ1) is 11.7. The number of hydrogen-bond acceptors (Lipinski definition) is 5. The maximum absolute atomic E-state index is 13.7. The Morgan fingerprint density at radius 2 is 1.58 bits per heavy atom. The van der Waals surface area contributed by atoms with Crippen LogP contribution >= 0.6 is 0 Å². The van der Waals surface area contributed by atoms with E-state index >= 15 is 0 Å². The molecule has 1 aliphatic carbocycles. The second-order valence-electron chi connectivity index (χ2n) is 5.94. The molecule has 1 aromatic carbocycles. The molecule has 0 spiro atoms. The minimum absolute atomic E-state index is 0.272. The lowest BCUT2D eigenvalue weighted by atomic mass is 9.78. The Labute approximate surface area is 136 Å². The van der Waals surface area contributed by atoms with Gasteiger partial charge in [0.15, 0.2) is 0 Å². The molecule has 7 heteroatoms. The monoisotopic (exact) mass is 328 g/mol. The van der Waals surface area contributed by atoms with Crippen LogP contribution in [0.5, 0.6) is 0 Å². The van der Waals surface area contributed by atoms with Crippen LogP contribution in [0.3, 0.4) is 0 Å². The number of aromatic nitrogens is 4. The second-order valence-corrected chi connectivity index (χ2v) is 5.94. The average molecular weight is 328 g/mol. The van der Waals surface area contributed by atoms with Gasteiger partial charge in [-0.1, -0.05) is 18.0 Å². The predicted octanol–water partition coefficient (Wildman–Crippen LogP) is 3.66. The molecule has 24 heavy (non-hydrogen) atoms. The van der Waals surface area contributed by atoms with E-state index < -0.39 is 17.0 Å². The van der Waals surface area contributed by atoms with Crippen molar-refractivity contribution >= 4 is 0 Å². The first kappa shape index (κ1) is 14.9. The van der Waals surface area contributed by atoms with E-state index in [-0.39, 0.29) is 5.82 Å². The fraction of sp³-hybridized carbons (Fsp3) is 0.294. The summed E-state index contributed by atoms with van der Waals surface area (Å²) in [7, 11) is 0. The molecule has 1 fully saturated rings. The fourth-order valence-corrected chi connectivity index (χ4v) is 3.36. The highest BCUT2D eigenvalue weighted by Crippen LogP contribution is 2.46. The molecule has 0 atom stereocenters. The highest BCUT2D eigenvalue weighted by molar-refractivity contribution is 5.42. The van der Waals surface area contributed by atoms with Crippen molar-refractivity contribution in [2.45, 2.75) is 31.1 Å². The zero-order chi connectivity index (χ0) is 16.6. The standard InChI is InChI=1S/C17H14F2N4O/c18-12-8-11(9-13(19)10-12)17(4-1-2-5-17)16-22-15(23-24-16)14-20-6-3-7-21-14/h3,6-10H,1-2,4-5H2. The molecule has 4 rings (SSSR count). The Morgan fingerprint density at radius 3 is 2.25 bits per heavy atom. The van der Waals surface area contributed by atoms with E-state index in [9.17, 15) is 8.78 Å². The Bertz CT molecular complexity index is 840. The molecule has 0 N–H and O–H groups in total. The number of nitrogens with zero attached hydrogens (tertiary/aromatic N) is 4. The van der Waals surface area contributed by atoms with Crippen LogP contribution in [0.2, 0.25) is 0 Å². The van der Waals surface area contributed by atoms with Crippen LogP contribution in [-0.2, 0) is 5.41 Å². The van der Waals surface area contributed by atoms with Gasteiger partial charge in [0.2, 0.25) is 17.5 Å². The van der Waals surface area contributed by atoms with Crippen LogP contribution < -0.4 is 0 Å². The van der Waals surface area contributed by atoms with Crippen molar-refractivity contribution in [3.05, 3.63) is 59.7 Å². The third kappa shape index (κ3) is 2.46. The van der Waals surface area contributed by atoms with E-state index in [0.717, 1.165) is 18.9 Å². The normalized spacial score (nSPS) is 16.4. The van der Waals surface area contributed by atoms with Crippen LogP contribution in [0.15, 0.2) is 41.2 Å². The SMILES string of the molecule is Fc1cc(F)cc(C2(c3nc(-c4ncccn4)no3)CCCC2)c1.